The number of halogens is 2. The molecule has 1 fully saturated rings. The molecule has 1 aliphatic heterocycles. The molecule has 1 N–H and O–H groups in total. The lowest BCUT2D eigenvalue weighted by molar-refractivity contribution is 0.0825. The van der Waals surface area contributed by atoms with E-state index in [2.05, 4.69) is 9.71 Å². The van der Waals surface area contributed by atoms with Gasteiger partial charge in [0.15, 0.2) is 11.6 Å². The van der Waals surface area contributed by atoms with E-state index in [1.165, 1.54) is 21.3 Å². The summed E-state index contributed by atoms with van der Waals surface area (Å²) in [6.07, 6.45) is 1.41. The lowest BCUT2D eigenvalue weighted by Gasteiger charge is -2.37. The minimum Gasteiger partial charge on any atom is -0.452 e. The highest BCUT2D eigenvalue weighted by Gasteiger charge is 2.36. The Morgan fingerprint density at radius 3 is 2.70 bits per heavy atom. The molecule has 9 nitrogen and oxygen atoms in total. The molecule has 12 heteroatoms. The molecule has 0 bridgehead atoms. The smallest absolute Gasteiger partial charge is 0.301 e. The summed E-state index contributed by atoms with van der Waals surface area (Å²) in [6, 6.07) is 5.41. The number of fused-ring (bicyclic) bond motifs is 1. The van der Waals surface area contributed by atoms with Gasteiger partial charge in [0.05, 0.1) is 29.5 Å². The predicted octanol–water partition coefficient (Wildman–Crippen LogP) is 3.06. The average molecular weight is 497 g/mol. The number of nitrogens with one attached hydrogen (secondary N) is 1. The zero-order valence-electron chi connectivity index (χ0n) is 18.1. The Kier molecular flexibility index (Phi) is 6.32. The van der Waals surface area contributed by atoms with E-state index in [0.29, 0.717) is 36.2 Å². The molecular weight excluding hydrogens is 475 g/mol. The van der Waals surface area contributed by atoms with Crippen LogP contribution >= 0.6 is 11.6 Å². The first-order valence-electron chi connectivity index (χ1n) is 10.00. The van der Waals surface area contributed by atoms with Gasteiger partial charge in [0, 0.05) is 38.7 Å². The van der Waals surface area contributed by atoms with Crippen LogP contribution in [0, 0.1) is 18.7 Å². The van der Waals surface area contributed by atoms with Crippen molar-refractivity contribution in [1.82, 2.24) is 13.9 Å². The maximum Gasteiger partial charge on any atom is 0.301 e. The van der Waals surface area contributed by atoms with Gasteiger partial charge in [-0.25, -0.2) is 9.37 Å². The van der Waals surface area contributed by atoms with E-state index in [4.69, 9.17) is 21.1 Å². The van der Waals surface area contributed by atoms with E-state index >= 15 is 0 Å². The van der Waals surface area contributed by atoms with Crippen LogP contribution in [0.1, 0.15) is 5.56 Å². The standard InChI is InChI=1S/C21H22ClFN4O5S/c1-12-17(7-6-15-18(12)21(28)26(2)11-24-15)32-20-14(23)4-5-16(19(20)22)25-33(29,30)27-8-13(9-27)10-31-3/h4-7,11,13,25H,8-10H2,1-3H3. The Balaban J connectivity index is 1.64. The van der Waals surface area contributed by atoms with Crippen LogP contribution in [0.25, 0.3) is 10.9 Å². The van der Waals surface area contributed by atoms with Gasteiger partial charge in [0.25, 0.3) is 5.56 Å². The topological polar surface area (TPSA) is 103 Å². The van der Waals surface area contributed by atoms with Crippen molar-refractivity contribution in [2.24, 2.45) is 13.0 Å². The van der Waals surface area contributed by atoms with Crippen LogP contribution in [0.3, 0.4) is 0 Å². The third kappa shape index (κ3) is 4.41. The first-order valence-corrected chi connectivity index (χ1v) is 11.8. The van der Waals surface area contributed by atoms with Crippen molar-refractivity contribution < 1.29 is 22.3 Å². The normalized spacial score (nSPS) is 14.9. The van der Waals surface area contributed by atoms with Gasteiger partial charge in [-0.2, -0.15) is 12.7 Å². The van der Waals surface area contributed by atoms with E-state index in [-0.39, 0.29) is 33.7 Å². The minimum absolute atomic E-state index is 0.0284. The second-order valence-corrected chi connectivity index (χ2v) is 9.88. The van der Waals surface area contributed by atoms with Crippen molar-refractivity contribution in [1.29, 1.82) is 0 Å². The molecule has 176 valence electrons. The van der Waals surface area contributed by atoms with Gasteiger partial charge in [0.1, 0.15) is 10.8 Å². The van der Waals surface area contributed by atoms with Crippen LogP contribution in [0.4, 0.5) is 10.1 Å². The number of hydrogen-bond acceptors (Lipinski definition) is 6. The number of aromatic nitrogens is 2. The summed E-state index contributed by atoms with van der Waals surface area (Å²) in [5, 5.41) is 0.0837. The summed E-state index contributed by atoms with van der Waals surface area (Å²) in [5.41, 5.74) is 0.612. The molecule has 1 aliphatic rings. The van der Waals surface area contributed by atoms with E-state index < -0.39 is 16.0 Å². The Labute approximate surface area is 194 Å². The lowest BCUT2D eigenvalue weighted by Crippen LogP contribution is -2.53. The second kappa shape index (κ2) is 8.90. The summed E-state index contributed by atoms with van der Waals surface area (Å²) in [7, 11) is -0.758. The molecule has 0 saturated carbocycles. The van der Waals surface area contributed by atoms with Gasteiger partial charge in [-0.05, 0) is 31.2 Å². The van der Waals surface area contributed by atoms with E-state index in [1.54, 1.807) is 33.2 Å². The van der Waals surface area contributed by atoms with Gasteiger partial charge in [-0.3, -0.25) is 9.52 Å². The maximum absolute atomic E-state index is 14.6. The second-order valence-electron chi connectivity index (χ2n) is 7.83. The van der Waals surface area contributed by atoms with Crippen LogP contribution in [-0.4, -0.2) is 49.1 Å². The van der Waals surface area contributed by atoms with Crippen molar-refractivity contribution >= 4 is 38.4 Å². The highest BCUT2D eigenvalue weighted by atomic mass is 35.5. The maximum atomic E-state index is 14.6. The van der Waals surface area contributed by atoms with E-state index in [9.17, 15) is 17.6 Å². The molecule has 0 radical (unpaired) electrons. The summed E-state index contributed by atoms with van der Waals surface area (Å²) in [6.45, 7) is 2.74. The number of aryl methyl sites for hydroxylation is 2. The third-order valence-corrected chi connectivity index (χ3v) is 7.29. The lowest BCUT2D eigenvalue weighted by atomic mass is 10.1. The molecule has 0 atom stereocenters. The van der Waals surface area contributed by atoms with Gasteiger partial charge in [-0.1, -0.05) is 11.6 Å². The first-order chi connectivity index (χ1) is 15.6. The van der Waals surface area contributed by atoms with Crippen molar-refractivity contribution in [3.8, 4) is 11.5 Å². The van der Waals surface area contributed by atoms with Crippen LogP contribution in [0.5, 0.6) is 11.5 Å². The summed E-state index contributed by atoms with van der Waals surface area (Å²) >= 11 is 6.33. The Morgan fingerprint density at radius 2 is 2.00 bits per heavy atom. The minimum atomic E-state index is -3.89. The fraction of sp³-hybridized carbons (Fsp3) is 0.333. The average Bonchev–Trinajstić information content (AvgIpc) is 2.73. The molecule has 4 rings (SSSR count). The number of methoxy groups -OCH3 is 1. The molecule has 1 saturated heterocycles. The number of hydrogen-bond donors (Lipinski definition) is 1. The molecule has 3 aromatic rings. The highest BCUT2D eigenvalue weighted by molar-refractivity contribution is 7.90. The molecule has 0 spiro atoms. The van der Waals surface area contributed by atoms with Crippen LogP contribution < -0.4 is 15.0 Å². The zero-order chi connectivity index (χ0) is 23.9. The molecule has 33 heavy (non-hydrogen) atoms. The number of ether oxygens (including phenoxy) is 2. The van der Waals surface area contributed by atoms with Crippen molar-refractivity contribution in [2.45, 2.75) is 6.92 Å². The summed E-state index contributed by atoms with van der Waals surface area (Å²) in [5.74, 6) is -0.836. The zero-order valence-corrected chi connectivity index (χ0v) is 19.7. The molecule has 1 aromatic heterocycles. The van der Waals surface area contributed by atoms with Crippen molar-refractivity contribution in [2.75, 3.05) is 31.5 Å². The third-order valence-electron chi connectivity index (χ3n) is 5.46. The number of rotatable bonds is 7. The molecular formula is C21H22ClFN4O5S. The Hall–Kier alpha value is -2.73. The van der Waals surface area contributed by atoms with Crippen molar-refractivity contribution in [3.05, 3.63) is 57.3 Å². The van der Waals surface area contributed by atoms with Gasteiger partial charge >= 0.3 is 10.2 Å². The van der Waals surface area contributed by atoms with Crippen molar-refractivity contribution in [3.63, 3.8) is 0 Å². The predicted molar refractivity (Wildman–Crippen MR) is 123 cm³/mol. The van der Waals surface area contributed by atoms with Crippen LogP contribution in [-0.2, 0) is 22.0 Å². The van der Waals surface area contributed by atoms with E-state index in [1.807, 2.05) is 0 Å². The molecule has 0 aliphatic carbocycles. The fourth-order valence-electron chi connectivity index (χ4n) is 3.62. The quantitative estimate of drug-likeness (QED) is 0.539. The monoisotopic (exact) mass is 496 g/mol. The van der Waals surface area contributed by atoms with Gasteiger partial charge < -0.3 is 14.0 Å². The van der Waals surface area contributed by atoms with Gasteiger partial charge in [0.2, 0.25) is 0 Å². The first kappa shape index (κ1) is 23.4. The largest absolute Gasteiger partial charge is 0.452 e. The van der Waals surface area contributed by atoms with E-state index in [0.717, 1.165) is 6.07 Å². The molecule has 0 unspecified atom stereocenters. The fourth-order valence-corrected chi connectivity index (χ4v) is 5.31. The highest BCUT2D eigenvalue weighted by Crippen LogP contribution is 2.40. The number of anilines is 1. The Bertz CT molecular complexity index is 1390. The number of nitrogens with zero attached hydrogens (tertiary/aromatic N) is 3. The Morgan fingerprint density at radius 1 is 1.27 bits per heavy atom. The van der Waals surface area contributed by atoms with Crippen LogP contribution in [0.15, 0.2) is 35.4 Å². The SMILES string of the molecule is COCC1CN(S(=O)(=O)Nc2ccc(F)c(Oc3ccc4ncn(C)c(=O)c4c3C)c2Cl)C1. The van der Waals surface area contributed by atoms with Crippen LogP contribution in [0.2, 0.25) is 5.02 Å². The number of benzene rings is 2. The molecule has 0 amide bonds. The summed E-state index contributed by atoms with van der Waals surface area (Å²) < 4.78 is 55.6. The summed E-state index contributed by atoms with van der Waals surface area (Å²) in [4.78, 5) is 16.7. The van der Waals surface area contributed by atoms with Gasteiger partial charge in [-0.15, -0.1) is 0 Å². The molecule has 2 heterocycles. The molecule has 2 aromatic carbocycles.